The van der Waals surface area contributed by atoms with Gasteiger partial charge in [-0.15, -0.1) is 0 Å². The lowest BCUT2D eigenvalue weighted by molar-refractivity contribution is -0.911. The molecule has 1 aromatic heterocycles. The van der Waals surface area contributed by atoms with Crippen molar-refractivity contribution in [2.45, 2.75) is 25.8 Å². The smallest absolute Gasteiger partial charge is 0.126 e. The molecule has 2 atom stereocenters. The fourth-order valence-electron chi connectivity index (χ4n) is 3.51. The Bertz CT molecular complexity index is 846. The third-order valence-electron chi connectivity index (χ3n) is 4.93. The molecule has 0 fully saturated rings. The zero-order chi connectivity index (χ0) is 20.3. The summed E-state index contributed by atoms with van der Waals surface area (Å²) in [7, 11) is 0. The van der Waals surface area contributed by atoms with Gasteiger partial charge in [-0.3, -0.25) is 0 Å². The van der Waals surface area contributed by atoms with Crippen LogP contribution in [0, 0.1) is 0 Å². The number of hydrogen-bond donors (Lipinski definition) is 2. The normalized spacial score (nSPS) is 13.1. The first kappa shape index (κ1) is 21.1. The molecule has 1 heterocycles. The van der Waals surface area contributed by atoms with E-state index in [1.807, 2.05) is 42.5 Å². The van der Waals surface area contributed by atoms with Gasteiger partial charge in [0.2, 0.25) is 0 Å². The second kappa shape index (κ2) is 11.4. The molecule has 0 aliphatic carbocycles. The van der Waals surface area contributed by atoms with Crippen LogP contribution in [0.15, 0.2) is 91.6 Å². The van der Waals surface area contributed by atoms with Crippen molar-refractivity contribution >= 4 is 0 Å². The Kier molecular flexibility index (Phi) is 8.25. The number of nitrogens with one attached hydrogen (secondary N) is 1. The second-order valence-corrected chi connectivity index (χ2v) is 7.39. The van der Waals surface area contributed by atoms with Crippen molar-refractivity contribution in [3.63, 3.8) is 0 Å². The van der Waals surface area contributed by atoms with Crippen LogP contribution in [-0.4, -0.2) is 35.5 Å². The zero-order valence-electron chi connectivity index (χ0n) is 16.9. The third kappa shape index (κ3) is 7.02. The van der Waals surface area contributed by atoms with E-state index in [9.17, 15) is 5.11 Å². The van der Waals surface area contributed by atoms with Crippen LogP contribution in [0.5, 0.6) is 0 Å². The molecule has 0 amide bonds. The number of quaternary nitrogens is 1. The monoisotopic (exact) mass is 391 g/mol. The summed E-state index contributed by atoms with van der Waals surface area (Å²) in [5.41, 5.74) is 3.65. The van der Waals surface area contributed by atoms with Gasteiger partial charge in [0.1, 0.15) is 19.2 Å². The summed E-state index contributed by atoms with van der Waals surface area (Å²) >= 11 is 0. The van der Waals surface area contributed by atoms with Crippen molar-refractivity contribution in [3.8, 4) is 0 Å². The van der Waals surface area contributed by atoms with Crippen LogP contribution in [0.1, 0.15) is 16.8 Å². The summed E-state index contributed by atoms with van der Waals surface area (Å²) in [6.45, 7) is 7.85. The predicted molar refractivity (Wildman–Crippen MR) is 117 cm³/mol. The van der Waals surface area contributed by atoms with E-state index in [1.165, 1.54) is 16.2 Å². The summed E-state index contributed by atoms with van der Waals surface area (Å²) < 4.78 is 7.98. The van der Waals surface area contributed by atoms with Gasteiger partial charge in [0.15, 0.2) is 0 Å². The highest BCUT2D eigenvalue weighted by molar-refractivity contribution is 5.17. The van der Waals surface area contributed by atoms with Crippen LogP contribution < -0.4 is 4.90 Å². The average molecular weight is 392 g/mol. The number of aromatic nitrogens is 1. The summed E-state index contributed by atoms with van der Waals surface area (Å²) in [6.07, 6.45) is 3.52. The molecular weight excluding hydrogens is 360 g/mol. The second-order valence-electron chi connectivity index (χ2n) is 7.39. The van der Waals surface area contributed by atoms with E-state index in [0.29, 0.717) is 19.8 Å². The molecule has 29 heavy (non-hydrogen) atoms. The van der Waals surface area contributed by atoms with Gasteiger partial charge in [-0.25, -0.2) is 0 Å². The maximum absolute atomic E-state index is 10.5. The Balaban J connectivity index is 1.52. The number of aliphatic hydroxyl groups is 1. The highest BCUT2D eigenvalue weighted by atomic mass is 16.5. The number of nitrogens with zero attached hydrogens (tertiary/aromatic N) is 1. The first-order valence-electron chi connectivity index (χ1n) is 10.2. The predicted octanol–water partition coefficient (Wildman–Crippen LogP) is 2.68. The molecule has 0 aliphatic rings. The van der Waals surface area contributed by atoms with E-state index >= 15 is 0 Å². The van der Waals surface area contributed by atoms with E-state index in [2.05, 4.69) is 53.7 Å². The quantitative estimate of drug-likeness (QED) is 0.466. The minimum absolute atomic E-state index is 0.334. The molecule has 152 valence electrons. The van der Waals surface area contributed by atoms with E-state index in [0.717, 1.165) is 25.2 Å². The Morgan fingerprint density at radius 3 is 2.34 bits per heavy atom. The molecule has 2 aromatic carbocycles. The fourth-order valence-corrected chi connectivity index (χ4v) is 3.51. The maximum atomic E-state index is 10.5. The Hall–Kier alpha value is -2.66. The van der Waals surface area contributed by atoms with Gasteiger partial charge < -0.3 is 19.3 Å². The number of benzene rings is 2. The maximum Gasteiger partial charge on any atom is 0.126 e. The number of aliphatic hydroxyl groups excluding tert-OH is 1. The molecule has 4 heteroatoms. The van der Waals surface area contributed by atoms with E-state index in [1.54, 1.807) is 0 Å². The molecule has 0 radical (unpaired) electrons. The largest absolute Gasteiger partial charge is 0.385 e. The molecule has 0 spiro atoms. The lowest BCUT2D eigenvalue weighted by atomic mass is 10.2. The standard InChI is InChI=1S/C25H30N2O2/c1-2-15-26(19-25(28)21-29-20-23-12-7-4-8-13-23)18-24-14-9-16-27(24)17-22-10-5-3-6-11-22/h2-14,16,25,28H,1,15,17-21H2/p+1/t25-/m0/s1. The van der Waals surface area contributed by atoms with Crippen molar-refractivity contribution in [2.24, 2.45) is 0 Å². The Labute approximate surface area is 173 Å². The van der Waals surface area contributed by atoms with Crippen LogP contribution in [0.25, 0.3) is 0 Å². The summed E-state index contributed by atoms with van der Waals surface area (Å²) in [5, 5.41) is 10.5. The van der Waals surface area contributed by atoms with Crippen LogP contribution in [0.2, 0.25) is 0 Å². The first-order chi connectivity index (χ1) is 14.2. The SMILES string of the molecule is C=CC[NH+](Cc1cccn1Cc1ccccc1)C[C@H](O)COCc1ccccc1. The number of ether oxygens (including phenoxy) is 1. The van der Waals surface area contributed by atoms with E-state index in [4.69, 9.17) is 4.74 Å². The Morgan fingerprint density at radius 1 is 0.966 bits per heavy atom. The molecule has 0 aliphatic heterocycles. The number of hydrogen-bond acceptors (Lipinski definition) is 2. The minimum atomic E-state index is -0.508. The molecule has 3 aromatic rings. The molecule has 0 saturated heterocycles. The van der Waals surface area contributed by atoms with Crippen molar-refractivity contribution in [1.29, 1.82) is 0 Å². The van der Waals surface area contributed by atoms with E-state index in [-0.39, 0.29) is 0 Å². The zero-order valence-corrected chi connectivity index (χ0v) is 16.9. The van der Waals surface area contributed by atoms with Gasteiger partial charge in [-0.1, -0.05) is 67.2 Å². The Morgan fingerprint density at radius 2 is 1.66 bits per heavy atom. The summed E-state index contributed by atoms with van der Waals surface area (Å²) in [5.74, 6) is 0. The van der Waals surface area contributed by atoms with Gasteiger partial charge in [0, 0.05) is 12.7 Å². The summed E-state index contributed by atoms with van der Waals surface area (Å²) in [4.78, 5) is 1.27. The molecule has 2 N–H and O–H groups in total. The van der Waals surface area contributed by atoms with Crippen LogP contribution in [0.4, 0.5) is 0 Å². The summed E-state index contributed by atoms with van der Waals surface area (Å²) in [6, 6.07) is 24.8. The van der Waals surface area contributed by atoms with Crippen molar-refractivity contribution in [1.82, 2.24) is 4.57 Å². The highest BCUT2D eigenvalue weighted by Crippen LogP contribution is 2.07. The molecule has 4 nitrogen and oxygen atoms in total. The van der Waals surface area contributed by atoms with Gasteiger partial charge >= 0.3 is 0 Å². The van der Waals surface area contributed by atoms with Crippen molar-refractivity contribution < 1.29 is 14.7 Å². The fraction of sp³-hybridized carbons (Fsp3) is 0.280. The van der Waals surface area contributed by atoms with Crippen LogP contribution in [0.3, 0.4) is 0 Å². The van der Waals surface area contributed by atoms with Crippen molar-refractivity contribution in [3.05, 3.63) is 108 Å². The average Bonchev–Trinajstić information content (AvgIpc) is 3.16. The lowest BCUT2D eigenvalue weighted by Gasteiger charge is -2.22. The number of rotatable bonds is 12. The molecule has 0 saturated carbocycles. The van der Waals surface area contributed by atoms with Gasteiger partial charge in [0.25, 0.3) is 0 Å². The molecular formula is C25H31N2O2+. The van der Waals surface area contributed by atoms with Gasteiger partial charge in [0.05, 0.1) is 25.5 Å². The highest BCUT2D eigenvalue weighted by Gasteiger charge is 2.17. The van der Waals surface area contributed by atoms with Gasteiger partial charge in [-0.05, 0) is 29.3 Å². The van der Waals surface area contributed by atoms with Crippen LogP contribution in [-0.2, 0) is 24.4 Å². The van der Waals surface area contributed by atoms with E-state index < -0.39 is 6.10 Å². The molecule has 3 rings (SSSR count). The minimum Gasteiger partial charge on any atom is -0.385 e. The topological polar surface area (TPSA) is 38.8 Å². The van der Waals surface area contributed by atoms with Crippen molar-refractivity contribution in [2.75, 3.05) is 19.7 Å². The molecule has 0 bridgehead atoms. The van der Waals surface area contributed by atoms with Crippen LogP contribution >= 0.6 is 0 Å². The third-order valence-corrected chi connectivity index (χ3v) is 4.93. The van der Waals surface area contributed by atoms with Gasteiger partial charge in [-0.2, -0.15) is 0 Å². The molecule has 1 unspecified atom stereocenters. The first-order valence-corrected chi connectivity index (χ1v) is 10.2. The lowest BCUT2D eigenvalue weighted by Crippen LogP contribution is -3.11.